The SMILES string of the molecule is CC[C@@H](C(=O)NCCSCc1ccccc1)N(c1ccc(C)cc1)S(C)(=O)=O. The van der Waals surface area contributed by atoms with Gasteiger partial charge in [0, 0.05) is 18.1 Å². The first kappa shape index (κ1) is 22.3. The van der Waals surface area contributed by atoms with E-state index in [1.165, 1.54) is 9.87 Å². The predicted molar refractivity (Wildman–Crippen MR) is 118 cm³/mol. The molecule has 0 saturated carbocycles. The number of hydrogen-bond acceptors (Lipinski definition) is 4. The van der Waals surface area contributed by atoms with Crippen LogP contribution in [0, 0.1) is 6.92 Å². The van der Waals surface area contributed by atoms with Gasteiger partial charge < -0.3 is 5.32 Å². The molecule has 7 heteroatoms. The molecule has 2 rings (SSSR count). The van der Waals surface area contributed by atoms with Crippen molar-refractivity contribution in [3.63, 3.8) is 0 Å². The lowest BCUT2D eigenvalue weighted by molar-refractivity contribution is -0.122. The van der Waals surface area contributed by atoms with E-state index in [4.69, 9.17) is 0 Å². The largest absolute Gasteiger partial charge is 0.353 e. The Bertz CT molecular complexity index is 853. The number of nitrogens with one attached hydrogen (secondary N) is 1. The number of sulfonamides is 1. The quantitative estimate of drug-likeness (QED) is 0.597. The summed E-state index contributed by atoms with van der Waals surface area (Å²) in [7, 11) is -3.59. The Morgan fingerprint density at radius 2 is 1.75 bits per heavy atom. The fourth-order valence-electron chi connectivity index (χ4n) is 2.88. The van der Waals surface area contributed by atoms with Gasteiger partial charge in [-0.2, -0.15) is 11.8 Å². The van der Waals surface area contributed by atoms with E-state index in [-0.39, 0.29) is 5.91 Å². The summed E-state index contributed by atoms with van der Waals surface area (Å²) in [5.74, 6) is 1.38. The van der Waals surface area contributed by atoms with Gasteiger partial charge in [-0.25, -0.2) is 8.42 Å². The van der Waals surface area contributed by atoms with E-state index in [0.29, 0.717) is 18.7 Å². The fraction of sp³-hybridized carbons (Fsp3) is 0.381. The monoisotopic (exact) mass is 420 g/mol. The van der Waals surface area contributed by atoms with Crippen LogP contribution in [0.2, 0.25) is 0 Å². The highest BCUT2D eigenvalue weighted by Gasteiger charge is 2.31. The fourth-order valence-corrected chi connectivity index (χ4v) is 4.91. The number of hydrogen-bond donors (Lipinski definition) is 1. The topological polar surface area (TPSA) is 66.5 Å². The molecule has 2 aromatic carbocycles. The molecule has 0 radical (unpaired) electrons. The molecule has 0 aliphatic rings. The van der Waals surface area contributed by atoms with Gasteiger partial charge in [0.05, 0.1) is 11.9 Å². The van der Waals surface area contributed by atoms with Crippen LogP contribution in [-0.2, 0) is 20.6 Å². The molecule has 1 atom stereocenters. The second-order valence-corrected chi connectivity index (χ2v) is 9.61. The van der Waals surface area contributed by atoms with E-state index in [1.807, 2.05) is 44.2 Å². The van der Waals surface area contributed by atoms with Gasteiger partial charge in [0.25, 0.3) is 0 Å². The zero-order chi connectivity index (χ0) is 20.6. The van der Waals surface area contributed by atoms with Crippen LogP contribution in [0.25, 0.3) is 0 Å². The van der Waals surface area contributed by atoms with Crippen molar-refractivity contribution in [3.8, 4) is 0 Å². The van der Waals surface area contributed by atoms with Crippen molar-refractivity contribution in [3.05, 3.63) is 65.7 Å². The number of aryl methyl sites for hydroxylation is 1. The molecule has 0 bridgehead atoms. The van der Waals surface area contributed by atoms with Crippen molar-refractivity contribution in [1.82, 2.24) is 5.32 Å². The zero-order valence-electron chi connectivity index (χ0n) is 16.6. The van der Waals surface area contributed by atoms with Gasteiger partial charge in [0.1, 0.15) is 6.04 Å². The van der Waals surface area contributed by atoms with E-state index in [1.54, 1.807) is 23.9 Å². The third-order valence-electron chi connectivity index (χ3n) is 4.28. The summed E-state index contributed by atoms with van der Waals surface area (Å²) in [5.41, 5.74) is 2.78. The van der Waals surface area contributed by atoms with Crippen LogP contribution >= 0.6 is 11.8 Å². The lowest BCUT2D eigenvalue weighted by Crippen LogP contribution is -2.49. The Kier molecular flexibility index (Phi) is 8.38. The molecule has 1 N–H and O–H groups in total. The number of amides is 1. The molecule has 0 aromatic heterocycles. The molecule has 28 heavy (non-hydrogen) atoms. The summed E-state index contributed by atoms with van der Waals surface area (Å²) in [4.78, 5) is 12.7. The van der Waals surface area contributed by atoms with Gasteiger partial charge >= 0.3 is 0 Å². The van der Waals surface area contributed by atoms with Crippen LogP contribution in [0.5, 0.6) is 0 Å². The number of carbonyl (C=O) groups excluding carboxylic acids is 1. The van der Waals surface area contributed by atoms with Crippen molar-refractivity contribution >= 4 is 33.4 Å². The summed E-state index contributed by atoms with van der Waals surface area (Å²) in [6.07, 6.45) is 1.53. The molecule has 0 fully saturated rings. The van der Waals surface area contributed by atoms with Gasteiger partial charge in [-0.15, -0.1) is 0 Å². The van der Waals surface area contributed by atoms with Crippen molar-refractivity contribution in [2.45, 2.75) is 32.1 Å². The van der Waals surface area contributed by atoms with Gasteiger partial charge in [-0.3, -0.25) is 9.10 Å². The maximum Gasteiger partial charge on any atom is 0.243 e. The molecule has 0 spiro atoms. The smallest absolute Gasteiger partial charge is 0.243 e. The third-order valence-corrected chi connectivity index (χ3v) is 6.49. The first-order valence-electron chi connectivity index (χ1n) is 9.28. The Balaban J connectivity index is 1.96. The number of carbonyl (C=O) groups is 1. The molecule has 0 aliphatic heterocycles. The summed E-state index contributed by atoms with van der Waals surface area (Å²) in [5, 5.41) is 2.89. The van der Waals surface area contributed by atoms with Crippen LogP contribution in [0.1, 0.15) is 24.5 Å². The third kappa shape index (κ3) is 6.56. The standard InChI is InChI=1S/C21H28N2O3S2/c1-4-20(23(28(3,25)26)19-12-10-17(2)11-13-19)21(24)22-14-15-27-16-18-8-6-5-7-9-18/h5-13,20H,4,14-16H2,1-3H3,(H,22,24)/t20-/m0/s1. The molecule has 2 aromatic rings. The van der Waals surface area contributed by atoms with Crippen molar-refractivity contribution < 1.29 is 13.2 Å². The highest BCUT2D eigenvalue weighted by Crippen LogP contribution is 2.23. The van der Waals surface area contributed by atoms with Crippen LogP contribution in [-0.4, -0.2) is 38.9 Å². The van der Waals surface area contributed by atoms with E-state index >= 15 is 0 Å². The Morgan fingerprint density at radius 3 is 2.32 bits per heavy atom. The first-order chi connectivity index (χ1) is 13.3. The summed E-state index contributed by atoms with van der Waals surface area (Å²) in [6.45, 7) is 4.25. The Hall–Kier alpha value is -1.99. The van der Waals surface area contributed by atoms with E-state index in [2.05, 4.69) is 17.4 Å². The first-order valence-corrected chi connectivity index (χ1v) is 12.3. The maximum absolute atomic E-state index is 12.7. The molecule has 0 aliphatic carbocycles. The average molecular weight is 421 g/mol. The lowest BCUT2D eigenvalue weighted by atomic mass is 10.1. The highest BCUT2D eigenvalue weighted by molar-refractivity contribution is 7.98. The van der Waals surface area contributed by atoms with Gasteiger partial charge in [0.2, 0.25) is 15.9 Å². The van der Waals surface area contributed by atoms with Gasteiger partial charge in [0.15, 0.2) is 0 Å². The predicted octanol–water partition coefficient (Wildman–Crippen LogP) is 3.59. The van der Waals surface area contributed by atoms with E-state index < -0.39 is 16.1 Å². The minimum Gasteiger partial charge on any atom is -0.353 e. The summed E-state index contributed by atoms with van der Waals surface area (Å²) in [6, 6.07) is 16.6. The summed E-state index contributed by atoms with van der Waals surface area (Å²) < 4.78 is 26.0. The van der Waals surface area contributed by atoms with Crippen LogP contribution in [0.15, 0.2) is 54.6 Å². The molecule has 152 valence electrons. The molecule has 1 amide bonds. The molecular formula is C21H28N2O3S2. The zero-order valence-corrected chi connectivity index (χ0v) is 18.2. The highest BCUT2D eigenvalue weighted by atomic mass is 32.2. The average Bonchev–Trinajstić information content (AvgIpc) is 2.66. The second-order valence-electron chi connectivity index (χ2n) is 6.65. The second kappa shape index (κ2) is 10.5. The van der Waals surface area contributed by atoms with Gasteiger partial charge in [-0.05, 0) is 31.0 Å². The van der Waals surface area contributed by atoms with Crippen molar-refractivity contribution in [2.24, 2.45) is 0 Å². The van der Waals surface area contributed by atoms with E-state index in [0.717, 1.165) is 23.3 Å². The minimum atomic E-state index is -3.59. The molecule has 0 unspecified atom stereocenters. The molecule has 0 saturated heterocycles. The van der Waals surface area contributed by atoms with Crippen LogP contribution in [0.3, 0.4) is 0 Å². The van der Waals surface area contributed by atoms with Gasteiger partial charge in [-0.1, -0.05) is 55.0 Å². The molecule has 5 nitrogen and oxygen atoms in total. The number of rotatable bonds is 10. The maximum atomic E-state index is 12.7. The summed E-state index contributed by atoms with van der Waals surface area (Å²) >= 11 is 1.73. The number of thioether (sulfide) groups is 1. The molecule has 0 heterocycles. The van der Waals surface area contributed by atoms with Crippen LogP contribution < -0.4 is 9.62 Å². The Morgan fingerprint density at radius 1 is 1.11 bits per heavy atom. The molecular weight excluding hydrogens is 392 g/mol. The normalized spacial score (nSPS) is 12.4. The van der Waals surface area contributed by atoms with E-state index in [9.17, 15) is 13.2 Å². The Labute approximate surface area is 172 Å². The number of benzene rings is 2. The van der Waals surface area contributed by atoms with Crippen LogP contribution in [0.4, 0.5) is 5.69 Å². The van der Waals surface area contributed by atoms with Crippen molar-refractivity contribution in [1.29, 1.82) is 0 Å². The minimum absolute atomic E-state index is 0.270. The van der Waals surface area contributed by atoms with Crippen molar-refractivity contribution in [2.75, 3.05) is 22.9 Å². The number of anilines is 1. The number of nitrogens with zero attached hydrogens (tertiary/aromatic N) is 1. The lowest BCUT2D eigenvalue weighted by Gasteiger charge is -2.30.